The zero-order chi connectivity index (χ0) is 13.5. The first-order valence-electron chi connectivity index (χ1n) is 6.95. The van der Waals surface area contributed by atoms with Crippen molar-refractivity contribution >= 4 is 11.6 Å². The SMILES string of the molecule is COc1ccc(NC(=O)CCNC2CCCC2)cc1. The molecule has 2 N–H and O–H groups in total. The summed E-state index contributed by atoms with van der Waals surface area (Å²) in [5.41, 5.74) is 0.812. The van der Waals surface area contributed by atoms with Crippen molar-refractivity contribution in [3.05, 3.63) is 24.3 Å². The van der Waals surface area contributed by atoms with E-state index in [1.807, 2.05) is 24.3 Å². The number of hydrogen-bond acceptors (Lipinski definition) is 3. The smallest absolute Gasteiger partial charge is 0.225 e. The van der Waals surface area contributed by atoms with Gasteiger partial charge in [-0.2, -0.15) is 0 Å². The third kappa shape index (κ3) is 4.56. The van der Waals surface area contributed by atoms with Gasteiger partial charge in [-0.3, -0.25) is 4.79 Å². The normalized spacial score (nSPS) is 15.4. The number of methoxy groups -OCH3 is 1. The van der Waals surface area contributed by atoms with Crippen LogP contribution in [0.4, 0.5) is 5.69 Å². The Morgan fingerprint density at radius 3 is 2.58 bits per heavy atom. The van der Waals surface area contributed by atoms with E-state index in [1.54, 1.807) is 7.11 Å². The average Bonchev–Trinajstić information content (AvgIpc) is 2.93. The highest BCUT2D eigenvalue weighted by atomic mass is 16.5. The van der Waals surface area contributed by atoms with Crippen molar-refractivity contribution in [1.29, 1.82) is 0 Å². The zero-order valence-electron chi connectivity index (χ0n) is 11.4. The van der Waals surface area contributed by atoms with Crippen LogP contribution in [0.25, 0.3) is 0 Å². The number of amides is 1. The molecule has 19 heavy (non-hydrogen) atoms. The summed E-state index contributed by atoms with van der Waals surface area (Å²) in [7, 11) is 1.63. The highest BCUT2D eigenvalue weighted by molar-refractivity contribution is 5.90. The Bertz CT molecular complexity index is 397. The van der Waals surface area contributed by atoms with E-state index in [0.717, 1.165) is 18.0 Å². The standard InChI is InChI=1S/C15H22N2O2/c1-19-14-8-6-13(7-9-14)17-15(18)10-11-16-12-4-2-3-5-12/h6-9,12,16H,2-5,10-11H2,1H3,(H,17,18). The molecule has 4 nitrogen and oxygen atoms in total. The summed E-state index contributed by atoms with van der Waals surface area (Å²) >= 11 is 0. The Morgan fingerprint density at radius 2 is 1.95 bits per heavy atom. The first kappa shape index (κ1) is 13.9. The van der Waals surface area contributed by atoms with Gasteiger partial charge in [0, 0.05) is 24.7 Å². The second-order valence-electron chi connectivity index (χ2n) is 4.96. The molecule has 1 amide bonds. The summed E-state index contributed by atoms with van der Waals surface area (Å²) in [6.07, 6.45) is 5.65. The molecule has 0 unspecified atom stereocenters. The van der Waals surface area contributed by atoms with Crippen LogP contribution >= 0.6 is 0 Å². The summed E-state index contributed by atoms with van der Waals surface area (Å²) in [6, 6.07) is 8.00. The van der Waals surface area contributed by atoms with Crippen LogP contribution in [-0.2, 0) is 4.79 Å². The number of carbonyl (C=O) groups is 1. The Hall–Kier alpha value is -1.55. The minimum atomic E-state index is 0.0515. The van der Waals surface area contributed by atoms with E-state index < -0.39 is 0 Å². The highest BCUT2D eigenvalue weighted by Crippen LogP contribution is 2.17. The molecule has 1 aliphatic rings. The van der Waals surface area contributed by atoms with Crippen LogP contribution in [0.15, 0.2) is 24.3 Å². The predicted octanol–water partition coefficient (Wildman–Crippen LogP) is 2.56. The monoisotopic (exact) mass is 262 g/mol. The van der Waals surface area contributed by atoms with Crippen LogP contribution in [0.2, 0.25) is 0 Å². The molecule has 0 spiro atoms. The molecule has 0 radical (unpaired) electrons. The topological polar surface area (TPSA) is 50.4 Å². The number of anilines is 1. The second kappa shape index (κ2) is 7.14. The molecular weight excluding hydrogens is 240 g/mol. The fraction of sp³-hybridized carbons (Fsp3) is 0.533. The lowest BCUT2D eigenvalue weighted by Crippen LogP contribution is -2.29. The van der Waals surface area contributed by atoms with Crippen molar-refractivity contribution in [2.75, 3.05) is 19.0 Å². The molecule has 104 valence electrons. The molecule has 0 aliphatic heterocycles. The zero-order valence-corrected chi connectivity index (χ0v) is 11.4. The fourth-order valence-electron chi connectivity index (χ4n) is 2.42. The van der Waals surface area contributed by atoms with Gasteiger partial charge in [-0.05, 0) is 37.1 Å². The quantitative estimate of drug-likeness (QED) is 0.828. The van der Waals surface area contributed by atoms with Crippen LogP contribution in [-0.4, -0.2) is 25.6 Å². The summed E-state index contributed by atoms with van der Waals surface area (Å²) in [4.78, 5) is 11.8. The molecule has 0 saturated heterocycles. The third-order valence-corrected chi connectivity index (χ3v) is 3.51. The van der Waals surface area contributed by atoms with Gasteiger partial charge in [-0.25, -0.2) is 0 Å². The van der Waals surface area contributed by atoms with Gasteiger partial charge in [-0.1, -0.05) is 12.8 Å². The Labute approximate surface area is 114 Å². The highest BCUT2D eigenvalue weighted by Gasteiger charge is 2.14. The van der Waals surface area contributed by atoms with Crippen LogP contribution in [0, 0.1) is 0 Å². The van der Waals surface area contributed by atoms with E-state index in [1.165, 1.54) is 25.7 Å². The van der Waals surface area contributed by atoms with Crippen molar-refractivity contribution < 1.29 is 9.53 Å². The van der Waals surface area contributed by atoms with Crippen molar-refractivity contribution in [2.24, 2.45) is 0 Å². The van der Waals surface area contributed by atoms with Crippen LogP contribution < -0.4 is 15.4 Å². The van der Waals surface area contributed by atoms with Crippen molar-refractivity contribution in [3.63, 3.8) is 0 Å². The molecule has 2 rings (SSSR count). The van der Waals surface area contributed by atoms with E-state index in [9.17, 15) is 4.79 Å². The molecule has 1 aromatic carbocycles. The Morgan fingerprint density at radius 1 is 1.26 bits per heavy atom. The third-order valence-electron chi connectivity index (χ3n) is 3.51. The fourth-order valence-corrected chi connectivity index (χ4v) is 2.42. The second-order valence-corrected chi connectivity index (χ2v) is 4.96. The summed E-state index contributed by atoms with van der Waals surface area (Å²) in [6.45, 7) is 0.757. The lowest BCUT2D eigenvalue weighted by atomic mass is 10.2. The minimum absolute atomic E-state index is 0.0515. The van der Waals surface area contributed by atoms with E-state index in [4.69, 9.17) is 4.74 Å². The maximum atomic E-state index is 11.8. The first-order chi connectivity index (χ1) is 9.28. The Kier molecular flexibility index (Phi) is 5.21. The number of ether oxygens (including phenoxy) is 1. The summed E-state index contributed by atoms with van der Waals surface area (Å²) in [5, 5.41) is 6.32. The summed E-state index contributed by atoms with van der Waals surface area (Å²) in [5.74, 6) is 0.844. The molecule has 0 aromatic heterocycles. The van der Waals surface area contributed by atoms with Gasteiger partial charge >= 0.3 is 0 Å². The van der Waals surface area contributed by atoms with Gasteiger partial charge in [0.1, 0.15) is 5.75 Å². The molecule has 4 heteroatoms. The van der Waals surface area contributed by atoms with Crippen LogP contribution in [0.3, 0.4) is 0 Å². The van der Waals surface area contributed by atoms with E-state index >= 15 is 0 Å². The molecule has 1 aliphatic carbocycles. The van der Waals surface area contributed by atoms with Gasteiger partial charge in [0.2, 0.25) is 5.91 Å². The average molecular weight is 262 g/mol. The number of hydrogen-bond donors (Lipinski definition) is 2. The number of nitrogens with one attached hydrogen (secondary N) is 2. The molecule has 0 bridgehead atoms. The maximum Gasteiger partial charge on any atom is 0.225 e. The van der Waals surface area contributed by atoms with Gasteiger partial charge in [0.05, 0.1) is 7.11 Å². The van der Waals surface area contributed by atoms with Crippen molar-refractivity contribution in [1.82, 2.24) is 5.32 Å². The summed E-state index contributed by atoms with van der Waals surface area (Å²) < 4.78 is 5.07. The van der Waals surface area contributed by atoms with Crippen LogP contribution in [0.5, 0.6) is 5.75 Å². The minimum Gasteiger partial charge on any atom is -0.497 e. The molecule has 1 saturated carbocycles. The van der Waals surface area contributed by atoms with E-state index in [2.05, 4.69) is 10.6 Å². The first-order valence-corrected chi connectivity index (χ1v) is 6.95. The lowest BCUT2D eigenvalue weighted by Gasteiger charge is -2.11. The predicted molar refractivity (Wildman–Crippen MR) is 76.5 cm³/mol. The lowest BCUT2D eigenvalue weighted by molar-refractivity contribution is -0.116. The number of rotatable bonds is 6. The molecule has 0 atom stereocenters. The van der Waals surface area contributed by atoms with Gasteiger partial charge in [0.25, 0.3) is 0 Å². The van der Waals surface area contributed by atoms with Gasteiger partial charge in [-0.15, -0.1) is 0 Å². The van der Waals surface area contributed by atoms with E-state index in [0.29, 0.717) is 12.5 Å². The molecule has 1 fully saturated rings. The molecular formula is C15H22N2O2. The van der Waals surface area contributed by atoms with Gasteiger partial charge < -0.3 is 15.4 Å². The van der Waals surface area contributed by atoms with Crippen molar-refractivity contribution in [2.45, 2.75) is 38.1 Å². The van der Waals surface area contributed by atoms with Gasteiger partial charge in [0.15, 0.2) is 0 Å². The number of carbonyl (C=O) groups excluding carboxylic acids is 1. The van der Waals surface area contributed by atoms with Crippen molar-refractivity contribution in [3.8, 4) is 5.75 Å². The molecule has 0 heterocycles. The largest absolute Gasteiger partial charge is 0.497 e. The van der Waals surface area contributed by atoms with E-state index in [-0.39, 0.29) is 5.91 Å². The number of benzene rings is 1. The maximum absolute atomic E-state index is 11.8. The molecule has 1 aromatic rings. The van der Waals surface area contributed by atoms with Crippen LogP contribution in [0.1, 0.15) is 32.1 Å². The Balaban J connectivity index is 1.68.